The Balaban J connectivity index is 2.49. The number of hydrogen-bond acceptors (Lipinski definition) is 2. The van der Waals surface area contributed by atoms with E-state index in [2.05, 4.69) is 37.0 Å². The Labute approximate surface area is 92.2 Å². The fourth-order valence-corrected chi connectivity index (χ4v) is 1.45. The largest absolute Gasteiger partial charge is 0.312 e. The third-order valence-electron chi connectivity index (χ3n) is 2.23. The number of aromatic nitrogens is 2. The lowest BCUT2D eigenvalue weighted by Crippen LogP contribution is -2.19. The molecule has 0 spiro atoms. The van der Waals surface area contributed by atoms with Gasteiger partial charge in [-0.3, -0.25) is 4.68 Å². The molecule has 15 heavy (non-hydrogen) atoms. The predicted octanol–water partition coefficient (Wildman–Crippen LogP) is 2.12. The standard InChI is InChI=1S/C12H21N3/c1-5-6-15-9-12(11(4)14-15)8-13-7-10(2)3/h5,9-10,13H,1,6-8H2,2-4H3. The lowest BCUT2D eigenvalue weighted by atomic mass is 10.2. The molecule has 0 bridgehead atoms. The molecule has 0 atom stereocenters. The zero-order valence-electron chi connectivity index (χ0n) is 9.95. The average molecular weight is 207 g/mol. The Bertz CT molecular complexity index is 313. The number of rotatable bonds is 6. The van der Waals surface area contributed by atoms with Gasteiger partial charge in [-0.15, -0.1) is 6.58 Å². The second kappa shape index (κ2) is 5.71. The molecule has 3 heteroatoms. The minimum absolute atomic E-state index is 0.688. The normalized spacial score (nSPS) is 10.9. The van der Waals surface area contributed by atoms with Crippen LogP contribution in [0.2, 0.25) is 0 Å². The third-order valence-corrected chi connectivity index (χ3v) is 2.23. The molecule has 0 fully saturated rings. The summed E-state index contributed by atoms with van der Waals surface area (Å²) in [6, 6.07) is 0. The van der Waals surface area contributed by atoms with Crippen molar-refractivity contribution in [2.45, 2.75) is 33.9 Å². The van der Waals surface area contributed by atoms with Crippen LogP contribution in [0.15, 0.2) is 18.9 Å². The van der Waals surface area contributed by atoms with E-state index in [4.69, 9.17) is 0 Å². The highest BCUT2D eigenvalue weighted by Crippen LogP contribution is 2.05. The van der Waals surface area contributed by atoms with E-state index < -0.39 is 0 Å². The molecular weight excluding hydrogens is 186 g/mol. The van der Waals surface area contributed by atoms with Crippen molar-refractivity contribution in [3.8, 4) is 0 Å². The van der Waals surface area contributed by atoms with Gasteiger partial charge in [-0.05, 0) is 19.4 Å². The van der Waals surface area contributed by atoms with Crippen molar-refractivity contribution >= 4 is 0 Å². The maximum atomic E-state index is 4.40. The minimum Gasteiger partial charge on any atom is -0.312 e. The second-order valence-electron chi connectivity index (χ2n) is 4.28. The SMILES string of the molecule is C=CCn1cc(CNCC(C)C)c(C)n1. The van der Waals surface area contributed by atoms with Crippen LogP contribution in [0.1, 0.15) is 25.1 Å². The molecule has 1 aromatic rings. The molecule has 1 heterocycles. The summed E-state index contributed by atoms with van der Waals surface area (Å²) in [4.78, 5) is 0. The molecule has 0 saturated heterocycles. The van der Waals surface area contributed by atoms with Gasteiger partial charge in [-0.1, -0.05) is 19.9 Å². The summed E-state index contributed by atoms with van der Waals surface area (Å²) in [5.74, 6) is 0.688. The van der Waals surface area contributed by atoms with Gasteiger partial charge < -0.3 is 5.32 Å². The van der Waals surface area contributed by atoms with E-state index in [1.807, 2.05) is 17.7 Å². The zero-order valence-corrected chi connectivity index (χ0v) is 9.95. The van der Waals surface area contributed by atoms with Gasteiger partial charge in [0.15, 0.2) is 0 Å². The van der Waals surface area contributed by atoms with Crippen LogP contribution in [0.5, 0.6) is 0 Å². The maximum Gasteiger partial charge on any atom is 0.0638 e. The molecule has 0 aliphatic rings. The molecule has 3 nitrogen and oxygen atoms in total. The van der Waals surface area contributed by atoms with Gasteiger partial charge in [-0.2, -0.15) is 5.10 Å². The molecule has 1 aromatic heterocycles. The molecule has 0 aliphatic heterocycles. The summed E-state index contributed by atoms with van der Waals surface area (Å²) >= 11 is 0. The fourth-order valence-electron chi connectivity index (χ4n) is 1.45. The Morgan fingerprint density at radius 3 is 2.93 bits per heavy atom. The van der Waals surface area contributed by atoms with Crippen LogP contribution in [-0.2, 0) is 13.1 Å². The molecule has 0 amide bonds. The summed E-state index contributed by atoms with van der Waals surface area (Å²) in [5.41, 5.74) is 2.38. The van der Waals surface area contributed by atoms with Crippen LogP contribution in [0, 0.1) is 12.8 Å². The van der Waals surface area contributed by atoms with Crippen molar-refractivity contribution in [2.75, 3.05) is 6.54 Å². The van der Waals surface area contributed by atoms with Crippen LogP contribution in [0.4, 0.5) is 0 Å². The van der Waals surface area contributed by atoms with E-state index >= 15 is 0 Å². The average Bonchev–Trinajstić information content (AvgIpc) is 2.47. The Kier molecular flexibility index (Phi) is 4.56. The number of hydrogen-bond donors (Lipinski definition) is 1. The van der Waals surface area contributed by atoms with Gasteiger partial charge >= 0.3 is 0 Å². The number of aryl methyl sites for hydroxylation is 1. The van der Waals surface area contributed by atoms with Crippen molar-refractivity contribution in [2.24, 2.45) is 5.92 Å². The van der Waals surface area contributed by atoms with Crippen molar-refractivity contribution < 1.29 is 0 Å². The molecular formula is C12H21N3. The molecule has 0 saturated carbocycles. The molecule has 1 N–H and O–H groups in total. The van der Waals surface area contributed by atoms with Crippen molar-refractivity contribution in [3.05, 3.63) is 30.1 Å². The molecule has 0 aromatic carbocycles. The monoisotopic (exact) mass is 207 g/mol. The number of nitrogens with one attached hydrogen (secondary N) is 1. The summed E-state index contributed by atoms with van der Waals surface area (Å²) < 4.78 is 1.93. The van der Waals surface area contributed by atoms with Gasteiger partial charge in [0.05, 0.1) is 12.2 Å². The molecule has 0 unspecified atom stereocenters. The number of allylic oxidation sites excluding steroid dienone is 1. The van der Waals surface area contributed by atoms with E-state index in [1.165, 1.54) is 5.56 Å². The van der Waals surface area contributed by atoms with E-state index in [9.17, 15) is 0 Å². The summed E-state index contributed by atoms with van der Waals surface area (Å²) in [7, 11) is 0. The van der Waals surface area contributed by atoms with E-state index in [-0.39, 0.29) is 0 Å². The predicted molar refractivity (Wildman–Crippen MR) is 63.7 cm³/mol. The van der Waals surface area contributed by atoms with E-state index in [0.717, 1.165) is 25.3 Å². The Hall–Kier alpha value is -1.09. The second-order valence-corrected chi connectivity index (χ2v) is 4.28. The summed E-state index contributed by atoms with van der Waals surface area (Å²) in [5, 5.41) is 7.82. The smallest absolute Gasteiger partial charge is 0.0638 e. The molecule has 0 aliphatic carbocycles. The first-order valence-corrected chi connectivity index (χ1v) is 5.48. The molecule has 1 rings (SSSR count). The Morgan fingerprint density at radius 2 is 2.33 bits per heavy atom. The summed E-state index contributed by atoms with van der Waals surface area (Å²) in [6.07, 6.45) is 3.95. The first kappa shape index (κ1) is 12.0. The van der Waals surface area contributed by atoms with Gasteiger partial charge in [0.2, 0.25) is 0 Å². The van der Waals surface area contributed by atoms with Crippen LogP contribution in [0.25, 0.3) is 0 Å². The summed E-state index contributed by atoms with van der Waals surface area (Å²) in [6.45, 7) is 12.9. The van der Waals surface area contributed by atoms with Gasteiger partial charge in [0.25, 0.3) is 0 Å². The van der Waals surface area contributed by atoms with Gasteiger partial charge in [-0.25, -0.2) is 0 Å². The zero-order chi connectivity index (χ0) is 11.3. The maximum absolute atomic E-state index is 4.40. The lowest BCUT2D eigenvalue weighted by Gasteiger charge is -2.05. The minimum atomic E-state index is 0.688. The first-order valence-electron chi connectivity index (χ1n) is 5.48. The topological polar surface area (TPSA) is 29.9 Å². The van der Waals surface area contributed by atoms with Crippen LogP contribution < -0.4 is 5.32 Å². The molecule has 84 valence electrons. The van der Waals surface area contributed by atoms with E-state index in [0.29, 0.717) is 5.92 Å². The van der Waals surface area contributed by atoms with Gasteiger partial charge in [0.1, 0.15) is 0 Å². The third kappa shape index (κ3) is 3.88. The van der Waals surface area contributed by atoms with Crippen molar-refractivity contribution in [1.82, 2.24) is 15.1 Å². The highest BCUT2D eigenvalue weighted by molar-refractivity contribution is 5.15. The van der Waals surface area contributed by atoms with Crippen molar-refractivity contribution in [1.29, 1.82) is 0 Å². The fraction of sp³-hybridized carbons (Fsp3) is 0.583. The van der Waals surface area contributed by atoms with Gasteiger partial charge in [0, 0.05) is 18.3 Å². The van der Waals surface area contributed by atoms with E-state index in [1.54, 1.807) is 0 Å². The Morgan fingerprint density at radius 1 is 1.60 bits per heavy atom. The van der Waals surface area contributed by atoms with Crippen LogP contribution in [-0.4, -0.2) is 16.3 Å². The van der Waals surface area contributed by atoms with Crippen LogP contribution >= 0.6 is 0 Å². The highest BCUT2D eigenvalue weighted by Gasteiger charge is 2.03. The quantitative estimate of drug-likeness (QED) is 0.724. The number of nitrogens with zero attached hydrogens (tertiary/aromatic N) is 2. The lowest BCUT2D eigenvalue weighted by molar-refractivity contribution is 0.551. The molecule has 0 radical (unpaired) electrons. The first-order chi connectivity index (χ1) is 7.13. The van der Waals surface area contributed by atoms with Crippen molar-refractivity contribution in [3.63, 3.8) is 0 Å². The highest BCUT2D eigenvalue weighted by atomic mass is 15.3. The van der Waals surface area contributed by atoms with Crippen LogP contribution in [0.3, 0.4) is 0 Å².